The zero-order valence-corrected chi connectivity index (χ0v) is 18.6. The molecule has 0 saturated carbocycles. The van der Waals surface area contributed by atoms with Gasteiger partial charge in [0.05, 0.1) is 6.61 Å². The monoisotopic (exact) mass is 473 g/mol. The zero-order chi connectivity index (χ0) is 23.0. The van der Waals surface area contributed by atoms with Crippen LogP contribution in [0.15, 0.2) is 42.5 Å². The molecule has 4 rings (SSSR count). The van der Waals surface area contributed by atoms with E-state index in [-0.39, 0.29) is 37.3 Å². The second-order valence-electron chi connectivity index (χ2n) is 7.71. The van der Waals surface area contributed by atoms with Crippen LogP contribution >= 0.6 is 12.4 Å². The van der Waals surface area contributed by atoms with Crippen LogP contribution in [-0.4, -0.2) is 66.0 Å². The number of aliphatic hydroxyl groups excluding tert-OH is 1. The van der Waals surface area contributed by atoms with Crippen LogP contribution in [0.25, 0.3) is 0 Å². The third-order valence-corrected chi connectivity index (χ3v) is 5.53. The molecule has 3 amide bonds. The molecule has 2 aromatic rings. The Morgan fingerprint density at radius 1 is 1.24 bits per heavy atom. The number of nitrogens with zero attached hydrogens (tertiary/aromatic N) is 2. The summed E-state index contributed by atoms with van der Waals surface area (Å²) in [5.41, 5.74) is 8.20. The number of ether oxygens (including phenoxy) is 1. The quantitative estimate of drug-likeness (QED) is 0.371. The highest BCUT2D eigenvalue weighted by atomic mass is 35.5. The maximum atomic E-state index is 13.0. The number of nitrogen functional groups attached to an aromatic ring is 1. The number of amides is 3. The number of aliphatic hydroxyl groups is 1. The number of nitrogens with one attached hydrogen (secondary N) is 2. The molecule has 0 spiro atoms. The molecule has 2 atom stereocenters. The minimum atomic E-state index is -1.74. The van der Waals surface area contributed by atoms with Crippen molar-refractivity contribution in [1.29, 1.82) is 5.41 Å². The Labute approximate surface area is 196 Å². The summed E-state index contributed by atoms with van der Waals surface area (Å²) in [6.07, 6.45) is -3.12. The third-order valence-electron chi connectivity index (χ3n) is 5.53. The van der Waals surface area contributed by atoms with Crippen molar-refractivity contribution in [2.45, 2.75) is 18.8 Å². The lowest BCUT2D eigenvalue weighted by atomic mass is 10.1. The maximum absolute atomic E-state index is 13.0. The molecule has 174 valence electrons. The van der Waals surface area contributed by atoms with Gasteiger partial charge in [-0.2, -0.15) is 0 Å². The van der Waals surface area contributed by atoms with Crippen LogP contribution in [0.3, 0.4) is 0 Å². The van der Waals surface area contributed by atoms with Gasteiger partial charge in [-0.05, 0) is 42.0 Å². The first-order valence-electron chi connectivity index (χ1n) is 10.0. The van der Waals surface area contributed by atoms with E-state index in [2.05, 4.69) is 5.32 Å². The van der Waals surface area contributed by atoms with Gasteiger partial charge in [-0.1, -0.05) is 6.07 Å². The van der Waals surface area contributed by atoms with Gasteiger partial charge in [-0.15, -0.1) is 12.4 Å². The van der Waals surface area contributed by atoms with Crippen LogP contribution in [0.1, 0.15) is 21.5 Å². The molecule has 11 heteroatoms. The molecule has 10 nitrogen and oxygen atoms in total. The summed E-state index contributed by atoms with van der Waals surface area (Å²) in [6.45, 7) is 0.873. The highest BCUT2D eigenvalue weighted by Crippen LogP contribution is 2.28. The first-order chi connectivity index (χ1) is 15.3. The predicted molar refractivity (Wildman–Crippen MR) is 124 cm³/mol. The van der Waals surface area contributed by atoms with Crippen molar-refractivity contribution in [3.8, 4) is 0 Å². The summed E-state index contributed by atoms with van der Waals surface area (Å²) in [5, 5.41) is 20.4. The number of hydrogen-bond acceptors (Lipinski definition) is 6. The molecular formula is C22H24ClN5O5. The number of carbonyl (C=O) groups is 3. The average molecular weight is 474 g/mol. The number of rotatable bonds is 5. The van der Waals surface area contributed by atoms with E-state index >= 15 is 0 Å². The largest absolute Gasteiger partial charge is 0.384 e. The number of nitrogens with two attached hydrogens (primary N) is 1. The fourth-order valence-corrected chi connectivity index (χ4v) is 3.78. The molecular weight excluding hydrogens is 450 g/mol. The molecule has 5 N–H and O–H groups in total. The van der Waals surface area contributed by atoms with Gasteiger partial charge in [-0.3, -0.25) is 19.8 Å². The highest BCUT2D eigenvalue weighted by Gasteiger charge is 2.40. The Bertz CT molecular complexity index is 1110. The molecule has 2 aromatic carbocycles. The van der Waals surface area contributed by atoms with Gasteiger partial charge < -0.3 is 30.7 Å². The lowest BCUT2D eigenvalue weighted by Crippen LogP contribution is -2.55. The minimum Gasteiger partial charge on any atom is -0.384 e. The van der Waals surface area contributed by atoms with E-state index in [9.17, 15) is 19.5 Å². The van der Waals surface area contributed by atoms with Crippen molar-refractivity contribution in [2.75, 3.05) is 30.4 Å². The topological polar surface area (TPSA) is 149 Å². The standard InChI is InChI=1S/C22H23N5O5.ClH/c1-26-11-13-4-7-15(10-16(13)21(26)30)27-8-9-32-18(22(27)31)17(28)20(29)25-14-5-2-12(3-6-14)19(23)24;/h2-7,10,17-18,28H,8-9,11H2,1H3,(H3,23,24)(H,25,29);1H/t17?,18-;/m1./s1. The Balaban J connectivity index is 0.00000306. The number of benzene rings is 2. The molecule has 33 heavy (non-hydrogen) atoms. The van der Waals surface area contributed by atoms with Crippen LogP contribution in [0.5, 0.6) is 0 Å². The summed E-state index contributed by atoms with van der Waals surface area (Å²) in [4.78, 5) is 40.8. The van der Waals surface area contributed by atoms with E-state index in [4.69, 9.17) is 15.9 Å². The van der Waals surface area contributed by atoms with E-state index in [0.29, 0.717) is 29.0 Å². The second-order valence-corrected chi connectivity index (χ2v) is 7.71. The van der Waals surface area contributed by atoms with Gasteiger partial charge in [0.1, 0.15) is 5.84 Å². The number of carbonyl (C=O) groups excluding carboxylic acids is 3. The third kappa shape index (κ3) is 4.68. The number of fused-ring (bicyclic) bond motifs is 1. The molecule has 2 aliphatic heterocycles. The summed E-state index contributed by atoms with van der Waals surface area (Å²) >= 11 is 0. The maximum Gasteiger partial charge on any atom is 0.259 e. The summed E-state index contributed by atoms with van der Waals surface area (Å²) in [6, 6.07) is 11.4. The molecule has 0 aromatic heterocycles. The molecule has 0 bridgehead atoms. The van der Waals surface area contributed by atoms with Crippen molar-refractivity contribution < 1.29 is 24.2 Å². The first kappa shape index (κ1) is 24.2. The number of halogens is 1. The first-order valence-corrected chi connectivity index (χ1v) is 10.0. The van der Waals surface area contributed by atoms with Crippen LogP contribution in [0, 0.1) is 5.41 Å². The van der Waals surface area contributed by atoms with Gasteiger partial charge in [0.2, 0.25) is 0 Å². The van der Waals surface area contributed by atoms with Crippen LogP contribution in [0.2, 0.25) is 0 Å². The summed E-state index contributed by atoms with van der Waals surface area (Å²) in [7, 11) is 1.71. The summed E-state index contributed by atoms with van der Waals surface area (Å²) < 4.78 is 5.42. The van der Waals surface area contributed by atoms with Crippen LogP contribution in [-0.2, 0) is 20.9 Å². The molecule has 0 radical (unpaired) electrons. The molecule has 2 heterocycles. The number of morpholine rings is 1. The van der Waals surface area contributed by atoms with Crippen molar-refractivity contribution >= 4 is 47.3 Å². The Kier molecular flexibility index (Phi) is 7.01. The van der Waals surface area contributed by atoms with Crippen molar-refractivity contribution in [3.63, 3.8) is 0 Å². The molecule has 1 saturated heterocycles. The molecule has 2 aliphatic rings. The normalized spacial score (nSPS) is 18.4. The molecule has 0 aliphatic carbocycles. The van der Waals surface area contributed by atoms with E-state index in [1.807, 2.05) is 0 Å². The summed E-state index contributed by atoms with van der Waals surface area (Å²) in [5.74, 6) is -1.59. The Morgan fingerprint density at radius 3 is 2.61 bits per heavy atom. The fraction of sp³-hybridized carbons (Fsp3) is 0.273. The van der Waals surface area contributed by atoms with E-state index in [0.717, 1.165) is 5.56 Å². The van der Waals surface area contributed by atoms with Gasteiger partial charge in [-0.25, -0.2) is 0 Å². The SMILES string of the molecule is CN1Cc2ccc(N3CCO[C@H](C(O)C(=O)Nc4ccc(C(=N)N)cc4)C3=O)cc2C1=O.Cl. The van der Waals surface area contributed by atoms with Gasteiger partial charge in [0.25, 0.3) is 17.7 Å². The number of hydrogen-bond donors (Lipinski definition) is 4. The Morgan fingerprint density at radius 2 is 1.94 bits per heavy atom. The zero-order valence-electron chi connectivity index (χ0n) is 17.8. The average Bonchev–Trinajstić information content (AvgIpc) is 3.07. The van der Waals surface area contributed by atoms with E-state index < -0.39 is 24.0 Å². The minimum absolute atomic E-state index is 0. The fourth-order valence-electron chi connectivity index (χ4n) is 3.78. The molecule has 1 fully saturated rings. The van der Waals surface area contributed by atoms with Crippen molar-refractivity contribution in [1.82, 2.24) is 4.90 Å². The number of amidine groups is 1. The van der Waals surface area contributed by atoms with E-state index in [1.54, 1.807) is 42.3 Å². The van der Waals surface area contributed by atoms with Crippen molar-refractivity contribution in [2.24, 2.45) is 5.73 Å². The lowest BCUT2D eigenvalue weighted by molar-refractivity contribution is -0.150. The van der Waals surface area contributed by atoms with Crippen LogP contribution < -0.4 is 16.0 Å². The lowest BCUT2D eigenvalue weighted by Gasteiger charge is -2.34. The molecule has 1 unspecified atom stereocenters. The van der Waals surface area contributed by atoms with Gasteiger partial charge >= 0.3 is 0 Å². The van der Waals surface area contributed by atoms with Crippen molar-refractivity contribution in [3.05, 3.63) is 59.2 Å². The smallest absolute Gasteiger partial charge is 0.259 e. The van der Waals surface area contributed by atoms with E-state index in [1.165, 1.54) is 17.0 Å². The number of anilines is 2. The second kappa shape index (κ2) is 9.57. The Hall–Kier alpha value is -3.47. The highest BCUT2D eigenvalue weighted by molar-refractivity contribution is 6.05. The van der Waals surface area contributed by atoms with Gasteiger partial charge in [0, 0.05) is 42.6 Å². The van der Waals surface area contributed by atoms with Crippen LogP contribution in [0.4, 0.5) is 11.4 Å². The predicted octanol–water partition coefficient (Wildman–Crippen LogP) is 0.709. The van der Waals surface area contributed by atoms with Gasteiger partial charge in [0.15, 0.2) is 12.2 Å².